The minimum atomic E-state index is -0.295. The Morgan fingerprint density at radius 2 is 1.91 bits per heavy atom. The Labute approximate surface area is 69.3 Å². The molecule has 0 atom stereocenters. The van der Waals surface area contributed by atoms with Crippen molar-refractivity contribution in [2.24, 2.45) is 0 Å². The molecule has 2 nitrogen and oxygen atoms in total. The first-order valence-electron chi connectivity index (χ1n) is 4.01. The van der Waals surface area contributed by atoms with Gasteiger partial charge < -0.3 is 4.74 Å². The van der Waals surface area contributed by atoms with E-state index in [1.165, 1.54) is 0 Å². The molecule has 0 bridgehead atoms. The van der Waals surface area contributed by atoms with E-state index in [0.29, 0.717) is 12.2 Å². The Morgan fingerprint density at radius 3 is 2.18 bits per heavy atom. The van der Waals surface area contributed by atoms with Crippen LogP contribution in [0.5, 0.6) is 0 Å². The quantitative estimate of drug-likeness (QED) is 0.466. The first-order chi connectivity index (χ1) is 5.18. The first kappa shape index (κ1) is 12.8. The highest BCUT2D eigenvalue weighted by Gasteiger charge is 1.99. The van der Waals surface area contributed by atoms with E-state index in [9.17, 15) is 4.79 Å². The van der Waals surface area contributed by atoms with Crippen LogP contribution in [0.25, 0.3) is 0 Å². The molecule has 0 spiro atoms. The molecule has 0 aromatic carbocycles. The van der Waals surface area contributed by atoms with E-state index >= 15 is 0 Å². The summed E-state index contributed by atoms with van der Waals surface area (Å²) in [6.07, 6.45) is 0.860. The largest absolute Gasteiger partial charge is 0.462 e. The van der Waals surface area contributed by atoms with E-state index in [1.807, 2.05) is 20.8 Å². The van der Waals surface area contributed by atoms with Crippen LogP contribution in [-0.2, 0) is 9.53 Å². The third-order valence-electron chi connectivity index (χ3n) is 0.786. The van der Waals surface area contributed by atoms with Crippen LogP contribution < -0.4 is 0 Å². The van der Waals surface area contributed by atoms with Crippen molar-refractivity contribution in [1.82, 2.24) is 0 Å². The van der Waals surface area contributed by atoms with Crippen LogP contribution in [0, 0.1) is 0 Å². The van der Waals surface area contributed by atoms with Crippen molar-refractivity contribution in [1.29, 1.82) is 0 Å². The van der Waals surface area contributed by atoms with Gasteiger partial charge in [0.2, 0.25) is 0 Å². The standard InChI is InChI=1S/C7H12O2.C2H6/c1-4-5-9-7(8)6(2)3;1-2/h2,4-5H2,1,3H3;1-2H3. The predicted molar refractivity (Wildman–Crippen MR) is 47.4 cm³/mol. The van der Waals surface area contributed by atoms with Gasteiger partial charge in [0.15, 0.2) is 0 Å². The molecule has 0 rings (SSSR count). The smallest absolute Gasteiger partial charge is 0.333 e. The van der Waals surface area contributed by atoms with Crippen molar-refractivity contribution in [2.45, 2.75) is 34.1 Å². The van der Waals surface area contributed by atoms with Crippen molar-refractivity contribution in [3.8, 4) is 0 Å². The van der Waals surface area contributed by atoms with Gasteiger partial charge in [-0.25, -0.2) is 4.79 Å². The van der Waals surface area contributed by atoms with Gasteiger partial charge in [-0.3, -0.25) is 0 Å². The van der Waals surface area contributed by atoms with Gasteiger partial charge >= 0.3 is 5.97 Å². The molecule has 0 radical (unpaired) electrons. The van der Waals surface area contributed by atoms with Gasteiger partial charge in [0.1, 0.15) is 0 Å². The van der Waals surface area contributed by atoms with Crippen molar-refractivity contribution in [3.63, 3.8) is 0 Å². The molecule has 0 N–H and O–H groups in total. The Kier molecular flexibility index (Phi) is 10.8. The van der Waals surface area contributed by atoms with Crippen LogP contribution in [-0.4, -0.2) is 12.6 Å². The summed E-state index contributed by atoms with van der Waals surface area (Å²) in [6.45, 7) is 11.5. The van der Waals surface area contributed by atoms with Gasteiger partial charge in [-0.2, -0.15) is 0 Å². The zero-order valence-electron chi connectivity index (χ0n) is 7.94. The average Bonchev–Trinajstić information content (AvgIpc) is 2.03. The molecule has 2 heteroatoms. The molecule has 0 saturated carbocycles. The molecule has 0 fully saturated rings. The maximum Gasteiger partial charge on any atom is 0.333 e. The number of hydrogen-bond donors (Lipinski definition) is 0. The van der Waals surface area contributed by atoms with Crippen LogP contribution in [0.15, 0.2) is 12.2 Å². The van der Waals surface area contributed by atoms with Crippen molar-refractivity contribution < 1.29 is 9.53 Å². The van der Waals surface area contributed by atoms with Gasteiger partial charge in [0.05, 0.1) is 6.61 Å². The van der Waals surface area contributed by atoms with Crippen LogP contribution in [0.3, 0.4) is 0 Å². The normalized spacial score (nSPS) is 7.64. The minimum Gasteiger partial charge on any atom is -0.462 e. The monoisotopic (exact) mass is 158 g/mol. The summed E-state index contributed by atoms with van der Waals surface area (Å²) in [5.74, 6) is -0.295. The van der Waals surface area contributed by atoms with Crippen molar-refractivity contribution in [3.05, 3.63) is 12.2 Å². The minimum absolute atomic E-state index is 0.295. The van der Waals surface area contributed by atoms with E-state index in [0.717, 1.165) is 6.42 Å². The topological polar surface area (TPSA) is 26.3 Å². The van der Waals surface area contributed by atoms with Crippen molar-refractivity contribution >= 4 is 5.97 Å². The van der Waals surface area contributed by atoms with E-state index in [2.05, 4.69) is 6.58 Å². The van der Waals surface area contributed by atoms with E-state index < -0.39 is 0 Å². The van der Waals surface area contributed by atoms with Crippen LogP contribution >= 0.6 is 0 Å². The number of rotatable bonds is 3. The molecule has 0 unspecified atom stereocenters. The fourth-order valence-electron chi connectivity index (χ4n) is 0.318. The number of hydrogen-bond acceptors (Lipinski definition) is 2. The summed E-state index contributed by atoms with van der Waals surface area (Å²) in [6, 6.07) is 0. The highest BCUT2D eigenvalue weighted by atomic mass is 16.5. The maximum atomic E-state index is 10.6. The molecule has 0 aliphatic heterocycles. The first-order valence-corrected chi connectivity index (χ1v) is 4.01. The fourth-order valence-corrected chi connectivity index (χ4v) is 0.318. The van der Waals surface area contributed by atoms with Gasteiger partial charge in [-0.1, -0.05) is 27.4 Å². The summed E-state index contributed by atoms with van der Waals surface area (Å²) in [4.78, 5) is 10.6. The Hall–Kier alpha value is -0.790. The molecule has 11 heavy (non-hydrogen) atoms. The summed E-state index contributed by atoms with van der Waals surface area (Å²) >= 11 is 0. The predicted octanol–water partition coefficient (Wildman–Crippen LogP) is 2.54. The molecule has 0 heterocycles. The molecule has 0 saturated heterocycles. The summed E-state index contributed by atoms with van der Waals surface area (Å²) < 4.78 is 4.71. The molecule has 0 aliphatic carbocycles. The zero-order chi connectivity index (χ0) is 9.28. The van der Waals surface area contributed by atoms with Crippen LogP contribution in [0.4, 0.5) is 0 Å². The van der Waals surface area contributed by atoms with E-state index in [1.54, 1.807) is 6.92 Å². The van der Waals surface area contributed by atoms with E-state index in [4.69, 9.17) is 4.74 Å². The van der Waals surface area contributed by atoms with Gasteiger partial charge in [-0.05, 0) is 13.3 Å². The summed E-state index contributed by atoms with van der Waals surface area (Å²) in [5, 5.41) is 0. The third-order valence-corrected chi connectivity index (χ3v) is 0.786. The SMILES string of the molecule is C=C(C)C(=O)OCCC.CC. The molecule has 0 aliphatic rings. The lowest BCUT2D eigenvalue weighted by Crippen LogP contribution is -2.04. The molecular weight excluding hydrogens is 140 g/mol. The molecule has 66 valence electrons. The maximum absolute atomic E-state index is 10.6. The number of esters is 1. The number of carbonyl (C=O) groups is 1. The number of carbonyl (C=O) groups excluding carboxylic acids is 1. The lowest BCUT2D eigenvalue weighted by atomic mass is 10.4. The second-order valence-electron chi connectivity index (χ2n) is 1.92. The molecule has 0 amide bonds. The Balaban J connectivity index is 0. The molecular formula is C9H18O2. The summed E-state index contributed by atoms with van der Waals surface area (Å²) in [5.41, 5.74) is 0.462. The second-order valence-corrected chi connectivity index (χ2v) is 1.92. The summed E-state index contributed by atoms with van der Waals surface area (Å²) in [7, 11) is 0. The average molecular weight is 158 g/mol. The van der Waals surface area contributed by atoms with Gasteiger partial charge in [0.25, 0.3) is 0 Å². The molecule has 0 aromatic rings. The number of ether oxygens (including phenoxy) is 1. The third kappa shape index (κ3) is 9.21. The lowest BCUT2D eigenvalue weighted by Gasteiger charge is -1.99. The van der Waals surface area contributed by atoms with Gasteiger partial charge in [-0.15, -0.1) is 0 Å². The van der Waals surface area contributed by atoms with E-state index in [-0.39, 0.29) is 5.97 Å². The van der Waals surface area contributed by atoms with Gasteiger partial charge in [0, 0.05) is 5.57 Å². The fraction of sp³-hybridized carbons (Fsp3) is 0.667. The zero-order valence-corrected chi connectivity index (χ0v) is 7.94. The van der Waals surface area contributed by atoms with Crippen molar-refractivity contribution in [2.75, 3.05) is 6.61 Å². The lowest BCUT2D eigenvalue weighted by molar-refractivity contribution is -0.138. The van der Waals surface area contributed by atoms with Crippen LogP contribution in [0.2, 0.25) is 0 Å². The molecule has 0 aromatic heterocycles. The Morgan fingerprint density at radius 1 is 1.45 bits per heavy atom. The second kappa shape index (κ2) is 9.21. The highest BCUT2D eigenvalue weighted by molar-refractivity contribution is 5.86. The van der Waals surface area contributed by atoms with Crippen LogP contribution in [0.1, 0.15) is 34.1 Å². The Bertz CT molecular complexity index is 117. The highest BCUT2D eigenvalue weighted by Crippen LogP contribution is 1.91.